The van der Waals surface area contributed by atoms with Gasteiger partial charge in [0.1, 0.15) is 0 Å². The van der Waals surface area contributed by atoms with Gasteiger partial charge in [0.2, 0.25) is 0 Å². The summed E-state index contributed by atoms with van der Waals surface area (Å²) in [6.07, 6.45) is 0.0148. The third-order valence-electron chi connectivity index (χ3n) is 2.35. The van der Waals surface area contributed by atoms with Gasteiger partial charge < -0.3 is 10.1 Å². The number of hydrogen-bond donors (Lipinski definition) is 1. The van der Waals surface area contributed by atoms with Gasteiger partial charge in [0.25, 0.3) is 0 Å². The second-order valence-corrected chi connectivity index (χ2v) is 4.02. The lowest BCUT2D eigenvalue weighted by Gasteiger charge is -2.18. The average Bonchev–Trinajstić information content (AvgIpc) is 2.26. The topological polar surface area (TPSA) is 21.3 Å². The minimum Gasteiger partial charge on any atom is -0.377 e. The fourth-order valence-electron chi connectivity index (χ4n) is 1.41. The van der Waals surface area contributed by atoms with Crippen molar-refractivity contribution in [2.45, 2.75) is 26.0 Å². The lowest BCUT2D eigenvalue weighted by Crippen LogP contribution is -2.24. The van der Waals surface area contributed by atoms with Gasteiger partial charge in [-0.15, -0.1) is 0 Å². The largest absolute Gasteiger partial charge is 0.377 e. The number of rotatable bonds is 5. The van der Waals surface area contributed by atoms with Gasteiger partial charge >= 0.3 is 0 Å². The highest BCUT2D eigenvalue weighted by Crippen LogP contribution is 2.19. The maximum Gasteiger partial charge on any atom is 0.194 e. The number of halogens is 3. The highest BCUT2D eigenvalue weighted by Gasteiger charge is 2.16. The van der Waals surface area contributed by atoms with E-state index in [1.165, 1.54) is 0 Å². The smallest absolute Gasteiger partial charge is 0.194 e. The van der Waals surface area contributed by atoms with Crippen molar-refractivity contribution in [3.8, 4) is 0 Å². The predicted molar refractivity (Wildman–Crippen MR) is 59.2 cm³/mol. The highest BCUT2D eigenvalue weighted by molar-refractivity contribution is 5.22. The lowest BCUT2D eigenvalue weighted by atomic mass is 10.1. The van der Waals surface area contributed by atoms with E-state index in [0.29, 0.717) is 5.56 Å². The molecular formula is C12H16F3NO. The maximum absolute atomic E-state index is 13.1. The van der Waals surface area contributed by atoms with Crippen LogP contribution in [0.2, 0.25) is 0 Å². The van der Waals surface area contributed by atoms with Crippen LogP contribution in [0.1, 0.15) is 25.5 Å². The van der Waals surface area contributed by atoms with Crippen molar-refractivity contribution in [3.63, 3.8) is 0 Å². The molecule has 0 fully saturated rings. The molecule has 1 atom stereocenters. The van der Waals surface area contributed by atoms with Crippen molar-refractivity contribution in [3.05, 3.63) is 35.1 Å². The summed E-state index contributed by atoms with van der Waals surface area (Å²) in [4.78, 5) is 0. The third kappa shape index (κ3) is 3.71. The summed E-state index contributed by atoms with van der Waals surface area (Å²) < 4.78 is 44.3. The number of nitrogens with one attached hydrogen (secondary N) is 1. The molecule has 0 aliphatic carbocycles. The summed E-state index contributed by atoms with van der Waals surface area (Å²) in [5, 5.41) is 2.87. The molecular weight excluding hydrogens is 231 g/mol. The zero-order valence-electron chi connectivity index (χ0n) is 10.1. The Hall–Kier alpha value is -1.07. The zero-order valence-corrected chi connectivity index (χ0v) is 10.1. The molecule has 1 unspecified atom stereocenters. The second-order valence-electron chi connectivity index (χ2n) is 4.02. The first kappa shape index (κ1) is 14.0. The average molecular weight is 247 g/mol. The SMILES string of the molecule is CNC(COC(C)C)c1cc(F)c(F)c(F)c1. The number of benzene rings is 1. The van der Waals surface area contributed by atoms with Gasteiger partial charge in [-0.25, -0.2) is 13.2 Å². The van der Waals surface area contributed by atoms with Crippen LogP contribution in [-0.2, 0) is 4.74 Å². The van der Waals surface area contributed by atoms with Crippen molar-refractivity contribution in [2.24, 2.45) is 0 Å². The Morgan fingerprint density at radius 3 is 2.12 bits per heavy atom. The molecule has 0 saturated heterocycles. The van der Waals surface area contributed by atoms with Crippen molar-refractivity contribution >= 4 is 0 Å². The lowest BCUT2D eigenvalue weighted by molar-refractivity contribution is 0.0625. The fraction of sp³-hybridized carbons (Fsp3) is 0.500. The molecule has 1 rings (SSSR count). The van der Waals surface area contributed by atoms with E-state index in [-0.39, 0.29) is 18.8 Å². The molecule has 1 aromatic rings. The standard InChI is InChI=1S/C12H16F3NO/c1-7(2)17-6-11(16-3)8-4-9(13)12(15)10(14)5-8/h4-5,7,11,16H,6H2,1-3H3. The molecule has 0 heterocycles. The van der Waals surface area contributed by atoms with Gasteiger partial charge in [0, 0.05) is 0 Å². The molecule has 1 N–H and O–H groups in total. The summed E-state index contributed by atoms with van der Waals surface area (Å²) in [6.45, 7) is 3.98. The Morgan fingerprint density at radius 1 is 1.18 bits per heavy atom. The molecule has 2 nitrogen and oxygen atoms in total. The molecule has 0 spiro atoms. The Labute approximate surface area is 98.8 Å². The maximum atomic E-state index is 13.1. The Balaban J connectivity index is 2.88. The molecule has 1 aromatic carbocycles. The molecule has 0 amide bonds. The Morgan fingerprint density at radius 2 is 1.71 bits per heavy atom. The van der Waals surface area contributed by atoms with Crippen LogP contribution >= 0.6 is 0 Å². The first-order chi connectivity index (χ1) is 7.95. The second kappa shape index (κ2) is 6.02. The van der Waals surface area contributed by atoms with E-state index in [4.69, 9.17) is 4.74 Å². The number of hydrogen-bond acceptors (Lipinski definition) is 2. The van der Waals surface area contributed by atoms with Crippen molar-refractivity contribution < 1.29 is 17.9 Å². The van der Waals surface area contributed by atoms with E-state index in [9.17, 15) is 13.2 Å². The van der Waals surface area contributed by atoms with Gasteiger partial charge in [-0.2, -0.15) is 0 Å². The molecule has 0 bridgehead atoms. The summed E-state index contributed by atoms with van der Waals surface area (Å²) in [5.41, 5.74) is 0.324. The van der Waals surface area contributed by atoms with E-state index in [2.05, 4.69) is 5.32 Å². The van der Waals surface area contributed by atoms with Crippen LogP contribution in [0.3, 0.4) is 0 Å². The van der Waals surface area contributed by atoms with Crippen molar-refractivity contribution in [2.75, 3.05) is 13.7 Å². The van der Waals surface area contributed by atoms with Crippen molar-refractivity contribution in [1.82, 2.24) is 5.32 Å². The van der Waals surface area contributed by atoms with Crippen LogP contribution in [0.4, 0.5) is 13.2 Å². The zero-order chi connectivity index (χ0) is 13.0. The Bertz CT molecular complexity index is 359. The van der Waals surface area contributed by atoms with Crippen LogP contribution in [-0.4, -0.2) is 19.8 Å². The van der Waals surface area contributed by atoms with Gasteiger partial charge in [0.15, 0.2) is 17.5 Å². The summed E-state index contributed by atoms with van der Waals surface area (Å²) >= 11 is 0. The van der Waals surface area contributed by atoms with Gasteiger partial charge in [0.05, 0.1) is 18.8 Å². The van der Waals surface area contributed by atoms with Crippen LogP contribution in [0.15, 0.2) is 12.1 Å². The van der Waals surface area contributed by atoms with Crippen LogP contribution < -0.4 is 5.32 Å². The first-order valence-corrected chi connectivity index (χ1v) is 5.39. The minimum absolute atomic E-state index is 0.0148. The van der Waals surface area contributed by atoms with Crippen LogP contribution in [0.25, 0.3) is 0 Å². The van der Waals surface area contributed by atoms with Crippen LogP contribution in [0.5, 0.6) is 0 Å². The molecule has 0 radical (unpaired) electrons. The predicted octanol–water partition coefficient (Wildman–Crippen LogP) is 2.79. The van der Waals surface area contributed by atoms with E-state index in [1.54, 1.807) is 7.05 Å². The van der Waals surface area contributed by atoms with Crippen LogP contribution in [0, 0.1) is 17.5 Å². The number of likely N-dealkylation sites (N-methyl/N-ethyl adjacent to an activating group) is 1. The summed E-state index contributed by atoms with van der Waals surface area (Å²) in [7, 11) is 1.65. The van der Waals surface area contributed by atoms with Gasteiger partial charge in [-0.05, 0) is 38.6 Å². The number of ether oxygens (including phenoxy) is 1. The van der Waals surface area contributed by atoms with E-state index in [0.717, 1.165) is 12.1 Å². The monoisotopic (exact) mass is 247 g/mol. The van der Waals surface area contributed by atoms with E-state index in [1.807, 2.05) is 13.8 Å². The van der Waals surface area contributed by atoms with Crippen molar-refractivity contribution in [1.29, 1.82) is 0 Å². The molecule has 17 heavy (non-hydrogen) atoms. The highest BCUT2D eigenvalue weighted by atomic mass is 19.2. The summed E-state index contributed by atoms with van der Waals surface area (Å²) in [5.74, 6) is -3.83. The Kier molecular flexibility index (Phi) is 4.96. The minimum atomic E-state index is -1.45. The molecule has 0 aliphatic rings. The fourth-order valence-corrected chi connectivity index (χ4v) is 1.41. The van der Waals surface area contributed by atoms with Gasteiger partial charge in [-0.1, -0.05) is 0 Å². The molecule has 0 aromatic heterocycles. The normalized spacial score (nSPS) is 13.1. The summed E-state index contributed by atoms with van der Waals surface area (Å²) in [6, 6.07) is 1.58. The van der Waals surface area contributed by atoms with Gasteiger partial charge in [-0.3, -0.25) is 0 Å². The quantitative estimate of drug-likeness (QED) is 0.808. The molecule has 0 aliphatic heterocycles. The third-order valence-corrected chi connectivity index (χ3v) is 2.35. The van der Waals surface area contributed by atoms with E-state index < -0.39 is 17.5 Å². The first-order valence-electron chi connectivity index (χ1n) is 5.39. The molecule has 0 saturated carbocycles. The molecule has 5 heteroatoms. The molecule has 96 valence electrons. The van der Waals surface area contributed by atoms with E-state index >= 15 is 0 Å².